The van der Waals surface area contributed by atoms with Crippen molar-refractivity contribution in [2.45, 2.75) is 38.6 Å². The topological polar surface area (TPSA) is 15.3 Å². The Labute approximate surface area is 125 Å². The molecule has 2 rings (SSSR count). The molecule has 0 aliphatic heterocycles. The Morgan fingerprint density at radius 1 is 1.16 bits per heavy atom. The number of halogens is 1. The number of likely N-dealkylation sites (N-methyl/N-ethyl adjacent to an activating group) is 1. The number of anilines is 1. The van der Waals surface area contributed by atoms with Crippen LogP contribution in [0.4, 0.5) is 5.69 Å². The van der Waals surface area contributed by atoms with E-state index >= 15 is 0 Å². The Bertz CT molecular complexity index is 369. The average molecular weight is 325 g/mol. The molecule has 0 radical (unpaired) electrons. The van der Waals surface area contributed by atoms with Gasteiger partial charge >= 0.3 is 0 Å². The van der Waals surface area contributed by atoms with Crippen molar-refractivity contribution in [1.82, 2.24) is 4.90 Å². The lowest BCUT2D eigenvalue weighted by Crippen LogP contribution is -2.37. The van der Waals surface area contributed by atoms with Crippen LogP contribution in [0.25, 0.3) is 0 Å². The van der Waals surface area contributed by atoms with E-state index < -0.39 is 0 Å². The van der Waals surface area contributed by atoms with Crippen LogP contribution in [0.2, 0.25) is 0 Å². The Hall–Kier alpha value is -0.540. The highest BCUT2D eigenvalue weighted by molar-refractivity contribution is 9.10. The Kier molecular flexibility index (Phi) is 5.71. The summed E-state index contributed by atoms with van der Waals surface area (Å²) < 4.78 is 1.13. The molecule has 1 aliphatic carbocycles. The summed E-state index contributed by atoms with van der Waals surface area (Å²) in [6, 6.07) is 9.19. The van der Waals surface area contributed by atoms with Crippen molar-refractivity contribution < 1.29 is 0 Å². The van der Waals surface area contributed by atoms with Crippen LogP contribution in [-0.4, -0.2) is 31.1 Å². The van der Waals surface area contributed by atoms with Gasteiger partial charge in [-0.1, -0.05) is 22.9 Å². The van der Waals surface area contributed by atoms with E-state index in [1.54, 1.807) is 0 Å². The molecule has 0 atom stereocenters. The maximum Gasteiger partial charge on any atom is 0.0341 e. The smallest absolute Gasteiger partial charge is 0.0341 e. The molecule has 2 nitrogen and oxygen atoms in total. The highest BCUT2D eigenvalue weighted by atomic mass is 79.9. The predicted octanol–water partition coefficient (Wildman–Crippen LogP) is 4.37. The van der Waals surface area contributed by atoms with E-state index in [1.807, 2.05) is 0 Å². The number of hydrogen-bond donors (Lipinski definition) is 1. The third-order valence-electron chi connectivity index (χ3n) is 4.25. The molecule has 19 heavy (non-hydrogen) atoms. The van der Waals surface area contributed by atoms with Crippen LogP contribution in [0.1, 0.15) is 32.6 Å². The lowest BCUT2D eigenvalue weighted by Gasteiger charge is -2.33. The molecule has 0 bridgehead atoms. The van der Waals surface area contributed by atoms with Crippen molar-refractivity contribution in [3.05, 3.63) is 28.7 Å². The zero-order valence-electron chi connectivity index (χ0n) is 12.0. The maximum absolute atomic E-state index is 3.49. The first-order chi connectivity index (χ1) is 9.15. The van der Waals surface area contributed by atoms with Gasteiger partial charge in [0.25, 0.3) is 0 Å². The van der Waals surface area contributed by atoms with Crippen LogP contribution in [0.3, 0.4) is 0 Å². The lowest BCUT2D eigenvalue weighted by molar-refractivity contribution is 0.175. The van der Waals surface area contributed by atoms with Gasteiger partial charge in [0.1, 0.15) is 0 Å². The van der Waals surface area contributed by atoms with Gasteiger partial charge in [-0.15, -0.1) is 0 Å². The van der Waals surface area contributed by atoms with Crippen molar-refractivity contribution in [2.75, 3.05) is 25.5 Å². The number of benzene rings is 1. The Balaban J connectivity index is 1.69. The summed E-state index contributed by atoms with van der Waals surface area (Å²) in [5, 5.41) is 3.49. The molecule has 1 aromatic rings. The normalized spacial score (nSPS) is 23.6. The molecular formula is C16H25BrN2. The lowest BCUT2D eigenvalue weighted by atomic mass is 9.87. The van der Waals surface area contributed by atoms with Crippen LogP contribution in [-0.2, 0) is 0 Å². The second-order valence-electron chi connectivity index (χ2n) is 5.83. The van der Waals surface area contributed by atoms with Crippen molar-refractivity contribution >= 4 is 21.6 Å². The summed E-state index contributed by atoms with van der Waals surface area (Å²) in [4.78, 5) is 2.53. The molecule has 1 fully saturated rings. The summed E-state index contributed by atoms with van der Waals surface area (Å²) >= 11 is 3.46. The van der Waals surface area contributed by atoms with Crippen molar-refractivity contribution in [1.29, 1.82) is 0 Å². The average Bonchev–Trinajstić information content (AvgIpc) is 2.41. The molecule has 1 saturated carbocycles. The van der Waals surface area contributed by atoms with Gasteiger partial charge in [-0.2, -0.15) is 0 Å². The van der Waals surface area contributed by atoms with Gasteiger partial charge in [-0.25, -0.2) is 0 Å². The van der Waals surface area contributed by atoms with Crippen molar-refractivity contribution in [3.63, 3.8) is 0 Å². The van der Waals surface area contributed by atoms with Gasteiger partial charge < -0.3 is 10.2 Å². The monoisotopic (exact) mass is 324 g/mol. The molecule has 0 amide bonds. The molecule has 0 saturated heterocycles. The fourth-order valence-corrected chi connectivity index (χ4v) is 3.07. The van der Waals surface area contributed by atoms with Crippen LogP contribution in [0, 0.1) is 5.92 Å². The van der Waals surface area contributed by atoms with Crippen LogP contribution >= 0.6 is 15.9 Å². The van der Waals surface area contributed by atoms with Gasteiger partial charge in [-0.3, -0.25) is 0 Å². The van der Waals surface area contributed by atoms with Crippen molar-refractivity contribution in [3.8, 4) is 0 Å². The third kappa shape index (κ3) is 4.81. The first-order valence-corrected chi connectivity index (χ1v) is 8.14. The fraction of sp³-hybridized carbons (Fsp3) is 0.625. The Morgan fingerprint density at radius 3 is 2.42 bits per heavy atom. The van der Waals surface area contributed by atoms with Crippen LogP contribution in [0.15, 0.2) is 28.7 Å². The molecule has 1 N–H and O–H groups in total. The zero-order chi connectivity index (χ0) is 13.7. The highest BCUT2D eigenvalue weighted by Gasteiger charge is 2.21. The molecule has 0 aromatic heterocycles. The van der Waals surface area contributed by atoms with Gasteiger partial charge in [0.2, 0.25) is 0 Å². The molecule has 1 aliphatic rings. The molecule has 0 spiro atoms. The zero-order valence-corrected chi connectivity index (χ0v) is 13.6. The largest absolute Gasteiger partial charge is 0.384 e. The van der Waals surface area contributed by atoms with Gasteiger partial charge in [0.15, 0.2) is 0 Å². The number of nitrogens with one attached hydrogen (secondary N) is 1. The minimum absolute atomic E-state index is 0.794. The molecule has 1 aromatic carbocycles. The van der Waals surface area contributed by atoms with Crippen molar-refractivity contribution in [2.24, 2.45) is 5.92 Å². The molecule has 3 heteroatoms. The molecule has 106 valence electrons. The molecule has 0 heterocycles. The number of rotatable bonds is 5. The van der Waals surface area contributed by atoms with E-state index in [0.29, 0.717) is 0 Å². The maximum atomic E-state index is 3.49. The Morgan fingerprint density at radius 2 is 1.79 bits per heavy atom. The SMILES string of the molecule is CC1CCC(N(C)CCNc2ccc(Br)cc2)CC1. The van der Waals surface area contributed by atoms with Crippen LogP contribution in [0.5, 0.6) is 0 Å². The summed E-state index contributed by atoms with van der Waals surface area (Å²) in [7, 11) is 2.27. The molecular weight excluding hydrogens is 300 g/mol. The third-order valence-corrected chi connectivity index (χ3v) is 4.78. The van der Waals surface area contributed by atoms with Crippen LogP contribution < -0.4 is 5.32 Å². The highest BCUT2D eigenvalue weighted by Crippen LogP contribution is 2.26. The van der Waals surface area contributed by atoms with E-state index in [9.17, 15) is 0 Å². The predicted molar refractivity (Wildman–Crippen MR) is 86.7 cm³/mol. The van der Waals surface area contributed by atoms with E-state index in [0.717, 1.165) is 29.5 Å². The first-order valence-electron chi connectivity index (χ1n) is 7.35. The molecule has 0 unspecified atom stereocenters. The summed E-state index contributed by atoms with van der Waals surface area (Å²) in [5.41, 5.74) is 1.20. The van der Waals surface area contributed by atoms with Gasteiger partial charge in [-0.05, 0) is 62.9 Å². The van der Waals surface area contributed by atoms with Gasteiger partial charge in [0, 0.05) is 29.3 Å². The second-order valence-corrected chi connectivity index (χ2v) is 6.74. The van der Waals surface area contributed by atoms with E-state index in [1.165, 1.54) is 31.4 Å². The summed E-state index contributed by atoms with van der Waals surface area (Å²) in [6.45, 7) is 4.52. The fourth-order valence-electron chi connectivity index (χ4n) is 2.81. The number of hydrogen-bond acceptors (Lipinski definition) is 2. The quantitative estimate of drug-likeness (QED) is 0.865. The summed E-state index contributed by atoms with van der Waals surface area (Å²) in [5.74, 6) is 0.936. The van der Waals surface area contributed by atoms with E-state index in [4.69, 9.17) is 0 Å². The standard InChI is InChI=1S/C16H25BrN2/c1-13-3-9-16(10-4-13)19(2)12-11-18-15-7-5-14(17)6-8-15/h5-8,13,16,18H,3-4,9-12H2,1-2H3. The van der Waals surface area contributed by atoms with Gasteiger partial charge in [0.05, 0.1) is 0 Å². The second kappa shape index (κ2) is 7.30. The summed E-state index contributed by atoms with van der Waals surface area (Å²) in [6.07, 6.45) is 5.54. The van der Waals surface area contributed by atoms with E-state index in [-0.39, 0.29) is 0 Å². The van der Waals surface area contributed by atoms with E-state index in [2.05, 4.69) is 64.4 Å². The first kappa shape index (κ1) is 14.9. The minimum Gasteiger partial charge on any atom is -0.384 e. The minimum atomic E-state index is 0.794. The number of nitrogens with zero attached hydrogens (tertiary/aromatic N) is 1.